The summed E-state index contributed by atoms with van der Waals surface area (Å²) in [5.41, 5.74) is 3.32. The molecule has 1 aliphatic heterocycles. The average molecular weight is 372 g/mol. The third kappa shape index (κ3) is 3.97. The Morgan fingerprint density at radius 3 is 2.35 bits per heavy atom. The Balaban J connectivity index is 1.78. The van der Waals surface area contributed by atoms with Crippen molar-refractivity contribution in [3.8, 4) is 0 Å². The molecule has 2 aromatic rings. The van der Waals surface area contributed by atoms with Crippen molar-refractivity contribution in [2.24, 2.45) is 0 Å². The fraction of sp³-hybridized carbons (Fsp3) is 0.350. The van der Waals surface area contributed by atoms with Crippen molar-refractivity contribution in [2.75, 3.05) is 13.1 Å². The van der Waals surface area contributed by atoms with Crippen molar-refractivity contribution in [3.63, 3.8) is 0 Å². The van der Waals surface area contributed by atoms with E-state index in [1.807, 2.05) is 38.1 Å². The molecular weight excluding hydrogens is 348 g/mol. The van der Waals surface area contributed by atoms with Gasteiger partial charge in [-0.05, 0) is 49.9 Å². The maximum Gasteiger partial charge on any atom is 0.251 e. The van der Waals surface area contributed by atoms with E-state index in [9.17, 15) is 13.2 Å². The van der Waals surface area contributed by atoms with Gasteiger partial charge < -0.3 is 5.32 Å². The van der Waals surface area contributed by atoms with Gasteiger partial charge in [-0.15, -0.1) is 0 Å². The first-order chi connectivity index (χ1) is 12.4. The van der Waals surface area contributed by atoms with Crippen LogP contribution in [0.3, 0.4) is 0 Å². The van der Waals surface area contributed by atoms with Crippen molar-refractivity contribution < 1.29 is 13.2 Å². The summed E-state index contributed by atoms with van der Waals surface area (Å²) in [4.78, 5) is 12.8. The normalized spacial score (nSPS) is 15.2. The molecule has 3 rings (SSSR count). The highest BCUT2D eigenvalue weighted by Gasteiger charge is 2.28. The number of rotatable bonds is 5. The van der Waals surface area contributed by atoms with E-state index in [0.29, 0.717) is 25.2 Å². The molecule has 0 radical (unpaired) electrons. The second kappa shape index (κ2) is 7.60. The van der Waals surface area contributed by atoms with Crippen molar-refractivity contribution in [3.05, 3.63) is 64.7 Å². The standard InChI is InChI=1S/C20H24N2O3S/c1-15-5-8-17(9-6-15)14-21-20(23)19-13-18(10-7-16(19)2)26(24,25)22-11-3-4-12-22/h5-10,13H,3-4,11-12,14H2,1-2H3,(H,21,23). The molecule has 26 heavy (non-hydrogen) atoms. The third-order valence-electron chi connectivity index (χ3n) is 4.73. The summed E-state index contributed by atoms with van der Waals surface area (Å²) in [6, 6.07) is 12.7. The van der Waals surface area contributed by atoms with Gasteiger partial charge in [-0.25, -0.2) is 8.42 Å². The number of hydrogen-bond acceptors (Lipinski definition) is 3. The molecule has 0 aromatic heterocycles. The second-order valence-corrected chi connectivity index (χ2v) is 8.69. The van der Waals surface area contributed by atoms with Gasteiger partial charge in [0.25, 0.3) is 5.91 Å². The molecule has 0 unspecified atom stereocenters. The van der Waals surface area contributed by atoms with Crippen LogP contribution in [0.2, 0.25) is 0 Å². The molecule has 0 bridgehead atoms. The van der Waals surface area contributed by atoms with Crippen molar-refractivity contribution in [1.82, 2.24) is 9.62 Å². The van der Waals surface area contributed by atoms with E-state index in [1.54, 1.807) is 12.1 Å². The highest BCUT2D eigenvalue weighted by molar-refractivity contribution is 7.89. The zero-order valence-electron chi connectivity index (χ0n) is 15.2. The lowest BCUT2D eigenvalue weighted by molar-refractivity contribution is 0.0950. The maximum atomic E-state index is 12.7. The Bertz CT molecular complexity index is 899. The molecule has 1 fully saturated rings. The molecule has 1 saturated heterocycles. The minimum absolute atomic E-state index is 0.186. The van der Waals surface area contributed by atoms with E-state index in [2.05, 4.69) is 5.32 Å². The van der Waals surface area contributed by atoms with Crippen molar-refractivity contribution in [2.45, 2.75) is 38.1 Å². The molecule has 1 amide bonds. The van der Waals surface area contributed by atoms with Crippen LogP contribution in [-0.4, -0.2) is 31.7 Å². The van der Waals surface area contributed by atoms with Gasteiger partial charge in [-0.1, -0.05) is 35.9 Å². The van der Waals surface area contributed by atoms with Crippen LogP contribution in [0.4, 0.5) is 0 Å². The highest BCUT2D eigenvalue weighted by Crippen LogP contribution is 2.23. The van der Waals surface area contributed by atoms with Gasteiger partial charge in [0.1, 0.15) is 0 Å². The van der Waals surface area contributed by atoms with Crippen LogP contribution in [0.25, 0.3) is 0 Å². The molecule has 2 aromatic carbocycles. The number of sulfonamides is 1. The number of nitrogens with zero attached hydrogens (tertiary/aromatic N) is 1. The molecule has 6 heteroatoms. The van der Waals surface area contributed by atoms with Gasteiger partial charge in [0.15, 0.2) is 0 Å². The van der Waals surface area contributed by atoms with Gasteiger partial charge in [0, 0.05) is 25.2 Å². The fourth-order valence-corrected chi connectivity index (χ4v) is 4.61. The molecule has 1 aliphatic rings. The summed E-state index contributed by atoms with van der Waals surface area (Å²) in [7, 11) is -3.53. The smallest absolute Gasteiger partial charge is 0.251 e. The van der Waals surface area contributed by atoms with E-state index in [0.717, 1.165) is 29.5 Å². The largest absolute Gasteiger partial charge is 0.348 e. The van der Waals surface area contributed by atoms with Crippen LogP contribution in [0, 0.1) is 13.8 Å². The molecule has 0 atom stereocenters. The number of carbonyl (C=O) groups is 1. The number of aryl methyl sites for hydroxylation is 2. The predicted octanol–water partition coefficient (Wildman–Crippen LogP) is 3.02. The molecule has 1 N–H and O–H groups in total. The summed E-state index contributed by atoms with van der Waals surface area (Å²) in [6.07, 6.45) is 1.77. The first-order valence-corrected chi connectivity index (χ1v) is 10.3. The third-order valence-corrected chi connectivity index (χ3v) is 6.62. The average Bonchev–Trinajstić information content (AvgIpc) is 3.17. The first kappa shape index (κ1) is 18.6. The summed E-state index contributed by atoms with van der Waals surface area (Å²) in [5.74, 6) is -0.262. The SMILES string of the molecule is Cc1ccc(CNC(=O)c2cc(S(=O)(=O)N3CCCC3)ccc2C)cc1. The zero-order valence-corrected chi connectivity index (χ0v) is 16.0. The first-order valence-electron chi connectivity index (χ1n) is 8.82. The van der Waals surface area contributed by atoms with Crippen LogP contribution < -0.4 is 5.32 Å². The second-order valence-electron chi connectivity index (χ2n) is 6.76. The van der Waals surface area contributed by atoms with Gasteiger partial charge in [-0.3, -0.25) is 4.79 Å². The maximum absolute atomic E-state index is 12.7. The summed E-state index contributed by atoms with van der Waals surface area (Å²) >= 11 is 0. The Kier molecular flexibility index (Phi) is 5.44. The van der Waals surface area contributed by atoms with Crippen molar-refractivity contribution in [1.29, 1.82) is 0 Å². The number of nitrogens with one attached hydrogen (secondary N) is 1. The molecule has 138 valence electrons. The van der Waals surface area contributed by atoms with Gasteiger partial charge in [0.05, 0.1) is 4.90 Å². The Hall–Kier alpha value is -2.18. The molecule has 0 saturated carbocycles. The Morgan fingerprint density at radius 2 is 1.69 bits per heavy atom. The quantitative estimate of drug-likeness (QED) is 0.877. The number of hydrogen-bond donors (Lipinski definition) is 1. The highest BCUT2D eigenvalue weighted by atomic mass is 32.2. The van der Waals surface area contributed by atoms with E-state index < -0.39 is 10.0 Å². The van der Waals surface area contributed by atoms with Crippen LogP contribution in [-0.2, 0) is 16.6 Å². The lowest BCUT2D eigenvalue weighted by Crippen LogP contribution is -2.29. The minimum Gasteiger partial charge on any atom is -0.348 e. The molecule has 0 spiro atoms. The fourth-order valence-electron chi connectivity index (χ4n) is 3.07. The molecular formula is C20H24N2O3S. The lowest BCUT2D eigenvalue weighted by Gasteiger charge is -2.17. The number of amides is 1. The monoisotopic (exact) mass is 372 g/mol. The van der Waals surface area contributed by atoms with E-state index in [-0.39, 0.29) is 10.8 Å². The van der Waals surface area contributed by atoms with E-state index in [4.69, 9.17) is 0 Å². The summed E-state index contributed by atoms with van der Waals surface area (Å²) in [5, 5.41) is 2.88. The van der Waals surface area contributed by atoms with Crippen LogP contribution in [0.5, 0.6) is 0 Å². The topological polar surface area (TPSA) is 66.5 Å². The summed E-state index contributed by atoms with van der Waals surface area (Å²) in [6.45, 7) is 5.32. The van der Waals surface area contributed by atoms with E-state index in [1.165, 1.54) is 10.4 Å². The van der Waals surface area contributed by atoms with Gasteiger partial charge in [-0.2, -0.15) is 4.31 Å². The van der Waals surface area contributed by atoms with Crippen molar-refractivity contribution >= 4 is 15.9 Å². The Labute approximate surface area is 155 Å². The zero-order chi connectivity index (χ0) is 18.7. The molecule has 5 nitrogen and oxygen atoms in total. The molecule has 0 aliphatic carbocycles. The van der Waals surface area contributed by atoms with Crippen LogP contribution >= 0.6 is 0 Å². The van der Waals surface area contributed by atoms with Gasteiger partial charge >= 0.3 is 0 Å². The summed E-state index contributed by atoms with van der Waals surface area (Å²) < 4.78 is 26.9. The predicted molar refractivity (Wildman–Crippen MR) is 102 cm³/mol. The van der Waals surface area contributed by atoms with Gasteiger partial charge in [0.2, 0.25) is 10.0 Å². The minimum atomic E-state index is -3.53. The number of benzene rings is 2. The lowest BCUT2D eigenvalue weighted by atomic mass is 10.1. The van der Waals surface area contributed by atoms with Crippen LogP contribution in [0.1, 0.15) is 39.9 Å². The number of carbonyl (C=O) groups excluding carboxylic acids is 1. The Morgan fingerprint density at radius 1 is 1.04 bits per heavy atom. The molecule has 1 heterocycles. The van der Waals surface area contributed by atoms with Crippen LogP contribution in [0.15, 0.2) is 47.4 Å². The van der Waals surface area contributed by atoms with E-state index >= 15 is 0 Å².